The average molecular weight is 448 g/mol. The molecule has 0 aliphatic carbocycles. The highest BCUT2D eigenvalue weighted by Crippen LogP contribution is 2.03. The predicted molar refractivity (Wildman–Crippen MR) is 102 cm³/mol. The molecule has 0 aliphatic heterocycles. The third-order valence-electron chi connectivity index (χ3n) is 4.08. The topological polar surface area (TPSA) is 245 Å². The summed E-state index contributed by atoms with van der Waals surface area (Å²) in [6.45, 7) is 2.32. The first-order chi connectivity index (χ1) is 14.3. The first kappa shape index (κ1) is 27.7. The summed E-state index contributed by atoms with van der Waals surface area (Å²) in [6.07, 6.45) is -3.02. The molecule has 0 aliphatic rings. The van der Waals surface area contributed by atoms with E-state index in [0.717, 1.165) is 13.8 Å². The molecule has 0 bridgehead atoms. The number of carbonyl (C=O) groups is 6. The van der Waals surface area contributed by atoms with E-state index < -0.39 is 85.2 Å². The molecule has 0 saturated heterocycles. The van der Waals surface area contributed by atoms with Gasteiger partial charge >= 0.3 is 17.9 Å². The third kappa shape index (κ3) is 10.9. The minimum absolute atomic E-state index is 0.230. The lowest BCUT2D eigenvalue weighted by atomic mass is 10.1. The fourth-order valence-corrected chi connectivity index (χ4v) is 2.25. The number of aliphatic hydroxyl groups is 1. The molecule has 0 aromatic heterocycles. The van der Waals surface area contributed by atoms with Crippen LogP contribution in [0.1, 0.15) is 39.5 Å². The molecule has 5 atom stereocenters. The van der Waals surface area contributed by atoms with Crippen LogP contribution in [0.2, 0.25) is 0 Å². The molecule has 0 radical (unpaired) electrons. The van der Waals surface area contributed by atoms with Gasteiger partial charge in [-0.25, -0.2) is 0 Å². The van der Waals surface area contributed by atoms with E-state index in [2.05, 4.69) is 16.0 Å². The van der Waals surface area contributed by atoms with Crippen LogP contribution in [0.3, 0.4) is 0 Å². The van der Waals surface area contributed by atoms with Gasteiger partial charge in [-0.1, -0.05) is 0 Å². The number of hydrogen-bond donors (Lipinski definition) is 8. The maximum absolute atomic E-state index is 12.5. The number of amides is 3. The van der Waals surface area contributed by atoms with Crippen molar-refractivity contribution in [3.63, 3.8) is 0 Å². The zero-order chi connectivity index (χ0) is 24.3. The van der Waals surface area contributed by atoms with Crippen LogP contribution in [0.15, 0.2) is 0 Å². The first-order valence-corrected chi connectivity index (χ1v) is 9.27. The van der Waals surface area contributed by atoms with Gasteiger partial charge < -0.3 is 42.1 Å². The molecule has 9 N–H and O–H groups in total. The fraction of sp³-hybridized carbons (Fsp3) is 0.647. The quantitative estimate of drug-likeness (QED) is 0.133. The van der Waals surface area contributed by atoms with E-state index in [1.54, 1.807) is 0 Å². The number of nitrogens with one attached hydrogen (secondary N) is 3. The second-order valence-electron chi connectivity index (χ2n) is 6.83. The molecule has 14 nitrogen and oxygen atoms in total. The van der Waals surface area contributed by atoms with Crippen LogP contribution in [0.4, 0.5) is 0 Å². The van der Waals surface area contributed by atoms with Gasteiger partial charge in [0.25, 0.3) is 0 Å². The minimum Gasteiger partial charge on any atom is -0.481 e. The van der Waals surface area contributed by atoms with Crippen molar-refractivity contribution in [1.82, 2.24) is 16.0 Å². The van der Waals surface area contributed by atoms with Crippen molar-refractivity contribution >= 4 is 35.6 Å². The van der Waals surface area contributed by atoms with Gasteiger partial charge in [0.1, 0.15) is 18.1 Å². The summed E-state index contributed by atoms with van der Waals surface area (Å²) in [5.41, 5.74) is 5.55. The molecule has 31 heavy (non-hydrogen) atoms. The number of nitrogens with two attached hydrogens (primary N) is 1. The Morgan fingerprint density at radius 3 is 1.74 bits per heavy atom. The molecule has 0 aromatic carbocycles. The van der Waals surface area contributed by atoms with E-state index in [-0.39, 0.29) is 6.42 Å². The molecule has 0 saturated carbocycles. The lowest BCUT2D eigenvalue weighted by Crippen LogP contribution is -2.59. The number of aliphatic carboxylic acids is 3. The Balaban J connectivity index is 5.29. The molecule has 0 spiro atoms. The summed E-state index contributed by atoms with van der Waals surface area (Å²) in [6, 6.07) is -5.67. The fourth-order valence-electron chi connectivity index (χ4n) is 2.25. The predicted octanol–water partition coefficient (Wildman–Crippen LogP) is -3.02. The Hall–Kier alpha value is -3.26. The molecule has 0 aromatic rings. The SMILES string of the molecule is CC(NC(=O)C(CCC(=O)O)NC(=O)C(NC(=O)C(N)CCC(=O)O)C(C)O)C(=O)O. The summed E-state index contributed by atoms with van der Waals surface area (Å²) in [5.74, 6) is -6.77. The number of aliphatic hydroxyl groups excluding tert-OH is 1. The number of carbonyl (C=O) groups excluding carboxylic acids is 3. The van der Waals surface area contributed by atoms with Gasteiger partial charge in [-0.15, -0.1) is 0 Å². The van der Waals surface area contributed by atoms with E-state index >= 15 is 0 Å². The van der Waals surface area contributed by atoms with E-state index in [1.807, 2.05) is 0 Å². The molecule has 0 heterocycles. The van der Waals surface area contributed by atoms with Crippen molar-refractivity contribution in [1.29, 1.82) is 0 Å². The second kappa shape index (κ2) is 13.1. The van der Waals surface area contributed by atoms with Crippen molar-refractivity contribution in [2.75, 3.05) is 0 Å². The van der Waals surface area contributed by atoms with Crippen molar-refractivity contribution in [2.24, 2.45) is 5.73 Å². The summed E-state index contributed by atoms with van der Waals surface area (Å²) in [7, 11) is 0. The van der Waals surface area contributed by atoms with Crippen molar-refractivity contribution in [2.45, 2.75) is 69.8 Å². The molecule has 0 rings (SSSR count). The lowest BCUT2D eigenvalue weighted by molar-refractivity contribution is -0.142. The largest absolute Gasteiger partial charge is 0.481 e. The monoisotopic (exact) mass is 448 g/mol. The maximum atomic E-state index is 12.5. The van der Waals surface area contributed by atoms with Crippen LogP contribution >= 0.6 is 0 Å². The van der Waals surface area contributed by atoms with Crippen LogP contribution in [-0.2, 0) is 28.8 Å². The smallest absolute Gasteiger partial charge is 0.325 e. The zero-order valence-electron chi connectivity index (χ0n) is 17.0. The molecule has 0 fully saturated rings. The lowest BCUT2D eigenvalue weighted by Gasteiger charge is -2.26. The van der Waals surface area contributed by atoms with Gasteiger partial charge in [0, 0.05) is 12.8 Å². The highest BCUT2D eigenvalue weighted by molar-refractivity contribution is 5.94. The van der Waals surface area contributed by atoms with E-state index in [9.17, 15) is 33.9 Å². The van der Waals surface area contributed by atoms with Crippen LogP contribution in [0.5, 0.6) is 0 Å². The standard InChI is InChI=1S/C17H28N4O10/c1-7(17(30)31)19-15(28)10(4-6-12(25)26)20-16(29)13(8(2)22)21-14(27)9(18)3-5-11(23)24/h7-10,13,22H,3-6,18H2,1-2H3,(H,19,28)(H,20,29)(H,21,27)(H,23,24)(H,25,26)(H,30,31). The molecule has 176 valence electrons. The number of rotatable bonds is 14. The van der Waals surface area contributed by atoms with Crippen molar-refractivity contribution in [3.05, 3.63) is 0 Å². The van der Waals surface area contributed by atoms with Crippen LogP contribution in [-0.4, -0.2) is 86.3 Å². The molecular weight excluding hydrogens is 420 g/mol. The third-order valence-corrected chi connectivity index (χ3v) is 4.08. The van der Waals surface area contributed by atoms with Crippen LogP contribution in [0, 0.1) is 0 Å². The van der Waals surface area contributed by atoms with Crippen LogP contribution in [0.25, 0.3) is 0 Å². The zero-order valence-corrected chi connectivity index (χ0v) is 17.0. The molecular formula is C17H28N4O10. The first-order valence-electron chi connectivity index (χ1n) is 9.27. The highest BCUT2D eigenvalue weighted by Gasteiger charge is 2.32. The van der Waals surface area contributed by atoms with E-state index in [0.29, 0.717) is 0 Å². The Morgan fingerprint density at radius 1 is 0.774 bits per heavy atom. The van der Waals surface area contributed by atoms with Gasteiger partial charge in [0.2, 0.25) is 17.7 Å². The Morgan fingerprint density at radius 2 is 1.29 bits per heavy atom. The summed E-state index contributed by atoms with van der Waals surface area (Å²) in [5, 5.41) is 42.6. The van der Waals surface area contributed by atoms with Gasteiger partial charge in [-0.2, -0.15) is 0 Å². The van der Waals surface area contributed by atoms with E-state index in [4.69, 9.17) is 21.1 Å². The van der Waals surface area contributed by atoms with Gasteiger partial charge in [-0.05, 0) is 26.7 Å². The van der Waals surface area contributed by atoms with Gasteiger partial charge in [0.15, 0.2) is 0 Å². The number of hydrogen-bond acceptors (Lipinski definition) is 8. The normalized spacial score (nSPS) is 15.5. The van der Waals surface area contributed by atoms with Crippen molar-refractivity contribution in [3.8, 4) is 0 Å². The van der Waals surface area contributed by atoms with Gasteiger partial charge in [-0.3, -0.25) is 28.8 Å². The minimum atomic E-state index is -1.60. The average Bonchev–Trinajstić information content (AvgIpc) is 2.65. The molecule has 5 unspecified atom stereocenters. The number of carboxylic acid groups (broad SMARTS) is 3. The molecule has 14 heteroatoms. The Kier molecular flexibility index (Phi) is 11.7. The summed E-state index contributed by atoms with van der Waals surface area (Å²) in [4.78, 5) is 69.2. The summed E-state index contributed by atoms with van der Waals surface area (Å²) < 4.78 is 0. The Bertz CT molecular complexity index is 696. The second-order valence-corrected chi connectivity index (χ2v) is 6.83. The van der Waals surface area contributed by atoms with Crippen molar-refractivity contribution < 1.29 is 49.2 Å². The summed E-state index contributed by atoms with van der Waals surface area (Å²) >= 11 is 0. The Labute approximate surface area is 177 Å². The highest BCUT2D eigenvalue weighted by atomic mass is 16.4. The van der Waals surface area contributed by atoms with Gasteiger partial charge in [0.05, 0.1) is 12.1 Å². The maximum Gasteiger partial charge on any atom is 0.325 e. The van der Waals surface area contributed by atoms with Crippen LogP contribution < -0.4 is 21.7 Å². The van der Waals surface area contributed by atoms with E-state index in [1.165, 1.54) is 0 Å². The molecule has 3 amide bonds. The number of carboxylic acids is 3.